The molecule has 1 amide bonds. The molecular formula is C13H12BrClN2O2. The number of hydrogen-bond donors (Lipinski definition) is 1. The molecule has 0 saturated carbocycles. The van der Waals surface area contributed by atoms with Crippen LogP contribution in [-0.2, 0) is 6.54 Å². The van der Waals surface area contributed by atoms with Crippen LogP contribution in [0.25, 0.3) is 0 Å². The van der Waals surface area contributed by atoms with Gasteiger partial charge in [-0.25, -0.2) is 0 Å². The summed E-state index contributed by atoms with van der Waals surface area (Å²) in [6, 6.07) is 8.48. The van der Waals surface area contributed by atoms with Crippen molar-refractivity contribution in [3.63, 3.8) is 0 Å². The van der Waals surface area contributed by atoms with Gasteiger partial charge in [-0.05, 0) is 51.8 Å². The molecule has 0 fully saturated rings. The number of halogens is 2. The predicted molar refractivity (Wildman–Crippen MR) is 78.1 cm³/mol. The Balaban J connectivity index is 2.14. The third-order valence-corrected chi connectivity index (χ3v) is 3.40. The highest BCUT2D eigenvalue weighted by Gasteiger charge is 2.16. The molecule has 0 aliphatic rings. The van der Waals surface area contributed by atoms with Gasteiger partial charge >= 0.3 is 0 Å². The zero-order valence-electron chi connectivity index (χ0n) is 10.2. The van der Waals surface area contributed by atoms with Crippen molar-refractivity contribution in [3.8, 4) is 0 Å². The van der Waals surface area contributed by atoms with Gasteiger partial charge in [0.2, 0.25) is 0 Å². The maximum atomic E-state index is 12.1. The first kappa shape index (κ1) is 14.0. The van der Waals surface area contributed by atoms with E-state index in [9.17, 15) is 4.79 Å². The second kappa shape index (κ2) is 5.67. The third-order valence-electron chi connectivity index (χ3n) is 2.61. The summed E-state index contributed by atoms with van der Waals surface area (Å²) in [6.45, 7) is 0.362. The van der Waals surface area contributed by atoms with Crippen molar-refractivity contribution >= 4 is 39.1 Å². The van der Waals surface area contributed by atoms with E-state index < -0.39 is 0 Å². The van der Waals surface area contributed by atoms with Gasteiger partial charge < -0.3 is 15.1 Å². The lowest BCUT2D eigenvalue weighted by Gasteiger charge is -2.17. The fourth-order valence-corrected chi connectivity index (χ4v) is 2.14. The third kappa shape index (κ3) is 3.30. The van der Waals surface area contributed by atoms with Gasteiger partial charge in [0, 0.05) is 24.3 Å². The van der Waals surface area contributed by atoms with Crippen LogP contribution in [-0.4, -0.2) is 17.9 Å². The van der Waals surface area contributed by atoms with Gasteiger partial charge in [-0.2, -0.15) is 0 Å². The average molecular weight is 344 g/mol. The van der Waals surface area contributed by atoms with Gasteiger partial charge in [-0.15, -0.1) is 0 Å². The summed E-state index contributed by atoms with van der Waals surface area (Å²) in [6.07, 6.45) is 0. The van der Waals surface area contributed by atoms with Gasteiger partial charge in [0.25, 0.3) is 5.91 Å². The van der Waals surface area contributed by atoms with Crippen LogP contribution < -0.4 is 5.73 Å². The van der Waals surface area contributed by atoms with Crippen LogP contribution in [0.4, 0.5) is 5.69 Å². The van der Waals surface area contributed by atoms with Gasteiger partial charge in [0.05, 0.1) is 0 Å². The number of nitrogens with two attached hydrogens (primary N) is 1. The molecule has 1 aromatic heterocycles. The van der Waals surface area contributed by atoms with E-state index in [4.69, 9.17) is 21.8 Å². The minimum Gasteiger partial charge on any atom is -0.444 e. The van der Waals surface area contributed by atoms with Gasteiger partial charge in [0.1, 0.15) is 0 Å². The molecule has 1 heterocycles. The molecule has 2 rings (SSSR count). The lowest BCUT2D eigenvalue weighted by atomic mass is 10.2. The summed E-state index contributed by atoms with van der Waals surface area (Å²) in [5, 5.41) is 0.578. The average Bonchev–Trinajstić information content (AvgIpc) is 2.79. The van der Waals surface area contributed by atoms with Crippen molar-refractivity contribution in [3.05, 3.63) is 51.3 Å². The fraction of sp³-hybridized carbons (Fsp3) is 0.154. The van der Waals surface area contributed by atoms with Crippen molar-refractivity contribution in [1.29, 1.82) is 0 Å². The lowest BCUT2D eigenvalue weighted by Crippen LogP contribution is -2.26. The number of nitrogens with zero attached hydrogens (tertiary/aromatic N) is 1. The molecule has 0 radical (unpaired) electrons. The predicted octanol–water partition coefficient (Wildman–Crippen LogP) is 3.55. The lowest BCUT2D eigenvalue weighted by molar-refractivity contribution is 0.0752. The fourth-order valence-electron chi connectivity index (χ4n) is 1.66. The number of benzene rings is 1. The Labute approximate surface area is 124 Å². The minimum absolute atomic E-state index is 0.218. The van der Waals surface area contributed by atoms with Crippen LogP contribution >= 0.6 is 27.5 Å². The Morgan fingerprint density at radius 1 is 1.42 bits per heavy atom. The molecule has 2 aromatic rings. The second-order valence-corrected chi connectivity index (χ2v) is 5.30. The molecule has 0 aliphatic carbocycles. The number of furan rings is 1. The highest BCUT2D eigenvalue weighted by molar-refractivity contribution is 9.10. The van der Waals surface area contributed by atoms with Crippen molar-refractivity contribution < 1.29 is 9.21 Å². The quantitative estimate of drug-likeness (QED) is 0.867. The number of carbonyl (C=O) groups is 1. The SMILES string of the molecule is CN(Cc1cc(N)ccc1Cl)C(=O)c1ccc(Br)o1. The van der Waals surface area contributed by atoms with Crippen molar-refractivity contribution in [2.75, 3.05) is 12.8 Å². The molecule has 0 atom stereocenters. The molecule has 0 unspecified atom stereocenters. The van der Waals surface area contributed by atoms with Crippen molar-refractivity contribution in [2.24, 2.45) is 0 Å². The van der Waals surface area contributed by atoms with Crippen molar-refractivity contribution in [1.82, 2.24) is 4.90 Å². The smallest absolute Gasteiger partial charge is 0.289 e. The van der Waals surface area contributed by atoms with Crippen molar-refractivity contribution in [2.45, 2.75) is 6.54 Å². The molecule has 2 N–H and O–H groups in total. The summed E-state index contributed by atoms with van der Waals surface area (Å²) in [5.74, 6) is 0.0543. The Morgan fingerprint density at radius 3 is 2.79 bits per heavy atom. The highest BCUT2D eigenvalue weighted by atomic mass is 79.9. The number of hydrogen-bond acceptors (Lipinski definition) is 3. The largest absolute Gasteiger partial charge is 0.444 e. The molecule has 1 aromatic carbocycles. The van der Waals surface area contributed by atoms with Crippen LogP contribution in [0.1, 0.15) is 16.1 Å². The monoisotopic (exact) mass is 342 g/mol. The highest BCUT2D eigenvalue weighted by Crippen LogP contribution is 2.21. The number of anilines is 1. The van der Waals surface area contributed by atoms with Gasteiger partial charge in [-0.3, -0.25) is 4.79 Å². The minimum atomic E-state index is -0.218. The summed E-state index contributed by atoms with van der Waals surface area (Å²) in [4.78, 5) is 13.6. The Kier molecular flexibility index (Phi) is 4.17. The molecule has 6 heteroatoms. The first-order valence-corrected chi connectivity index (χ1v) is 6.69. The summed E-state index contributed by atoms with van der Waals surface area (Å²) in [5.41, 5.74) is 7.11. The molecule has 19 heavy (non-hydrogen) atoms. The van der Waals surface area contributed by atoms with Gasteiger partial charge in [0.15, 0.2) is 10.4 Å². The normalized spacial score (nSPS) is 10.5. The zero-order valence-corrected chi connectivity index (χ0v) is 12.5. The van der Waals surface area contributed by atoms with E-state index in [1.165, 1.54) is 4.90 Å². The topological polar surface area (TPSA) is 59.5 Å². The summed E-state index contributed by atoms with van der Waals surface area (Å²) in [7, 11) is 1.68. The second-order valence-electron chi connectivity index (χ2n) is 4.12. The standard InChI is InChI=1S/C13H12BrClN2O2/c1-17(13(18)11-4-5-12(14)19-11)7-8-6-9(16)2-3-10(8)15/h2-6H,7,16H2,1H3. The Bertz CT molecular complexity index is 612. The molecule has 0 saturated heterocycles. The summed E-state index contributed by atoms with van der Waals surface area (Å²) < 4.78 is 5.75. The van der Waals surface area contributed by atoms with E-state index in [-0.39, 0.29) is 11.7 Å². The van der Waals surface area contributed by atoms with Crippen LogP contribution in [0.3, 0.4) is 0 Å². The van der Waals surface area contributed by atoms with E-state index in [2.05, 4.69) is 15.9 Å². The molecule has 0 spiro atoms. The van der Waals surface area contributed by atoms with E-state index in [0.29, 0.717) is 21.9 Å². The molecular weight excluding hydrogens is 332 g/mol. The van der Waals surface area contributed by atoms with E-state index in [0.717, 1.165) is 5.56 Å². The maximum absolute atomic E-state index is 12.1. The van der Waals surface area contributed by atoms with Crippen LogP contribution in [0.2, 0.25) is 5.02 Å². The Morgan fingerprint density at radius 2 is 2.16 bits per heavy atom. The molecule has 4 nitrogen and oxygen atoms in total. The number of amides is 1. The van der Waals surface area contributed by atoms with E-state index in [1.54, 1.807) is 37.4 Å². The number of carbonyl (C=O) groups excluding carboxylic acids is 1. The van der Waals surface area contributed by atoms with Crippen LogP contribution in [0.5, 0.6) is 0 Å². The molecule has 0 aliphatic heterocycles. The number of nitrogen functional groups attached to an aromatic ring is 1. The maximum Gasteiger partial charge on any atom is 0.289 e. The van der Waals surface area contributed by atoms with Crippen LogP contribution in [0, 0.1) is 0 Å². The number of rotatable bonds is 3. The Hall–Kier alpha value is -1.46. The van der Waals surface area contributed by atoms with Crippen LogP contribution in [0.15, 0.2) is 39.4 Å². The first-order valence-electron chi connectivity index (χ1n) is 5.52. The molecule has 0 bridgehead atoms. The van der Waals surface area contributed by atoms with E-state index >= 15 is 0 Å². The zero-order chi connectivity index (χ0) is 14.0. The first-order chi connectivity index (χ1) is 8.97. The van der Waals surface area contributed by atoms with Gasteiger partial charge in [-0.1, -0.05) is 11.6 Å². The molecule has 100 valence electrons. The van der Waals surface area contributed by atoms with E-state index in [1.807, 2.05) is 0 Å². The summed E-state index contributed by atoms with van der Waals surface area (Å²) >= 11 is 9.23.